The monoisotopic (exact) mass is 547 g/mol. The quantitative estimate of drug-likeness (QED) is 0.307. The number of halogens is 1. The minimum Gasteiger partial charge on any atom is -0.305 e. The molecule has 3 aromatic rings. The molecular formula is C29H30IN3. The molecule has 0 aliphatic carbocycles. The third-order valence-electron chi connectivity index (χ3n) is 6.27. The third kappa shape index (κ3) is 6.44. The van der Waals surface area contributed by atoms with Crippen molar-refractivity contribution in [1.29, 1.82) is 10.5 Å². The summed E-state index contributed by atoms with van der Waals surface area (Å²) < 4.78 is 1.21. The molecule has 0 aliphatic rings. The molecule has 0 saturated carbocycles. The smallest absolute Gasteiger partial charge is 0.0991 e. The molecule has 0 radical (unpaired) electrons. The van der Waals surface area contributed by atoms with Crippen LogP contribution in [-0.4, -0.2) is 6.04 Å². The number of benzene rings is 3. The standard InChI is InChI=1S/C29H30IN3/c1-20-8-12-24(13-9-20)28(29(3,4)19-32)33-21(2)27(17-22-10-14-26(30)15-11-22)25-7-5-6-23(16-25)18-31/h5-16,21,27-28,33H,17H2,1-4H3/t21-,27+,28?/m0/s1. The summed E-state index contributed by atoms with van der Waals surface area (Å²) in [6.07, 6.45) is 0.841. The SMILES string of the molecule is Cc1ccc(C(N[C@@H](C)[C@@H](Cc2ccc(I)cc2)c2cccc(C#N)c2)C(C)(C)C#N)cc1. The highest BCUT2D eigenvalue weighted by atomic mass is 127. The highest BCUT2D eigenvalue weighted by molar-refractivity contribution is 14.1. The van der Waals surface area contributed by atoms with Crippen LogP contribution in [0.5, 0.6) is 0 Å². The van der Waals surface area contributed by atoms with Crippen LogP contribution in [0.2, 0.25) is 0 Å². The zero-order chi connectivity index (χ0) is 24.0. The van der Waals surface area contributed by atoms with Crippen molar-refractivity contribution in [2.45, 2.75) is 52.1 Å². The first-order valence-electron chi connectivity index (χ1n) is 11.2. The van der Waals surface area contributed by atoms with Crippen molar-refractivity contribution in [3.8, 4) is 12.1 Å². The average molecular weight is 547 g/mol. The van der Waals surface area contributed by atoms with Gasteiger partial charge in [0.2, 0.25) is 0 Å². The van der Waals surface area contributed by atoms with Gasteiger partial charge in [-0.1, -0.05) is 54.1 Å². The Kier molecular flexibility index (Phi) is 8.30. The largest absolute Gasteiger partial charge is 0.305 e. The van der Waals surface area contributed by atoms with Gasteiger partial charge in [0.05, 0.1) is 29.2 Å². The van der Waals surface area contributed by atoms with E-state index in [0.29, 0.717) is 5.56 Å². The molecule has 0 amide bonds. The summed E-state index contributed by atoms with van der Waals surface area (Å²) in [6.45, 7) is 8.23. The van der Waals surface area contributed by atoms with E-state index in [0.717, 1.165) is 17.5 Å². The lowest BCUT2D eigenvalue weighted by Gasteiger charge is -2.36. The maximum Gasteiger partial charge on any atom is 0.0991 e. The fourth-order valence-corrected chi connectivity index (χ4v) is 4.58. The van der Waals surface area contributed by atoms with Gasteiger partial charge in [-0.3, -0.25) is 0 Å². The zero-order valence-corrected chi connectivity index (χ0v) is 21.8. The van der Waals surface area contributed by atoms with Gasteiger partial charge in [-0.15, -0.1) is 0 Å². The molecule has 3 rings (SSSR count). The molecule has 33 heavy (non-hydrogen) atoms. The Hall–Kier alpha value is -2.67. The van der Waals surface area contributed by atoms with E-state index in [1.807, 2.05) is 32.0 Å². The van der Waals surface area contributed by atoms with Crippen LogP contribution in [0.15, 0.2) is 72.8 Å². The van der Waals surface area contributed by atoms with Gasteiger partial charge in [-0.05, 0) is 97.7 Å². The number of nitriles is 2. The fraction of sp³-hybridized carbons (Fsp3) is 0.310. The molecule has 0 aliphatic heterocycles. The number of hydrogen-bond donors (Lipinski definition) is 1. The molecule has 3 aromatic carbocycles. The topological polar surface area (TPSA) is 59.6 Å². The third-order valence-corrected chi connectivity index (χ3v) is 6.99. The molecule has 168 valence electrons. The van der Waals surface area contributed by atoms with E-state index in [9.17, 15) is 10.5 Å². The second-order valence-corrected chi connectivity index (χ2v) is 10.6. The molecule has 0 aromatic heterocycles. The van der Waals surface area contributed by atoms with E-state index in [1.165, 1.54) is 14.7 Å². The van der Waals surface area contributed by atoms with Crippen molar-refractivity contribution in [3.63, 3.8) is 0 Å². The van der Waals surface area contributed by atoms with E-state index < -0.39 is 5.41 Å². The summed E-state index contributed by atoms with van der Waals surface area (Å²) >= 11 is 2.32. The van der Waals surface area contributed by atoms with Crippen molar-refractivity contribution in [3.05, 3.63) is 104 Å². The van der Waals surface area contributed by atoms with E-state index >= 15 is 0 Å². The van der Waals surface area contributed by atoms with E-state index in [1.54, 1.807) is 0 Å². The molecule has 0 bridgehead atoms. The van der Waals surface area contributed by atoms with Crippen LogP contribution < -0.4 is 5.32 Å². The maximum absolute atomic E-state index is 9.95. The summed E-state index contributed by atoms with van der Waals surface area (Å²) in [6, 6.07) is 29.6. The van der Waals surface area contributed by atoms with Crippen LogP contribution in [-0.2, 0) is 6.42 Å². The maximum atomic E-state index is 9.95. The molecule has 3 atom stereocenters. The second kappa shape index (κ2) is 11.0. The predicted octanol–water partition coefficient (Wildman–Crippen LogP) is 7.07. The summed E-state index contributed by atoms with van der Waals surface area (Å²) in [7, 11) is 0. The second-order valence-electron chi connectivity index (χ2n) is 9.31. The molecule has 0 heterocycles. The highest BCUT2D eigenvalue weighted by Crippen LogP contribution is 2.35. The summed E-state index contributed by atoms with van der Waals surface area (Å²) in [5, 5.41) is 23.2. The van der Waals surface area contributed by atoms with Crippen molar-refractivity contribution in [1.82, 2.24) is 5.32 Å². The van der Waals surface area contributed by atoms with Crippen LogP contribution >= 0.6 is 22.6 Å². The Morgan fingerprint density at radius 1 is 0.939 bits per heavy atom. The molecule has 1 unspecified atom stereocenters. The van der Waals surface area contributed by atoms with E-state index in [4.69, 9.17) is 0 Å². The Labute approximate surface area is 211 Å². The van der Waals surface area contributed by atoms with Crippen LogP contribution in [0, 0.1) is 38.6 Å². The number of nitrogens with zero attached hydrogens (tertiary/aromatic N) is 2. The van der Waals surface area contributed by atoms with Gasteiger partial charge in [0, 0.05) is 15.5 Å². The van der Waals surface area contributed by atoms with Crippen LogP contribution in [0.25, 0.3) is 0 Å². The highest BCUT2D eigenvalue weighted by Gasteiger charge is 2.34. The lowest BCUT2D eigenvalue weighted by Crippen LogP contribution is -2.42. The molecule has 4 heteroatoms. The lowest BCUT2D eigenvalue weighted by molar-refractivity contribution is 0.281. The lowest BCUT2D eigenvalue weighted by atomic mass is 9.79. The first-order chi connectivity index (χ1) is 15.7. The Morgan fingerprint density at radius 2 is 1.61 bits per heavy atom. The van der Waals surface area contributed by atoms with Crippen molar-refractivity contribution < 1.29 is 0 Å². The summed E-state index contributed by atoms with van der Waals surface area (Å²) in [5.41, 5.74) is 4.77. The predicted molar refractivity (Wildman–Crippen MR) is 143 cm³/mol. The summed E-state index contributed by atoms with van der Waals surface area (Å²) in [5.74, 6) is 0.140. The summed E-state index contributed by atoms with van der Waals surface area (Å²) in [4.78, 5) is 0. The first kappa shape index (κ1) is 25.0. The van der Waals surface area contributed by atoms with Gasteiger partial charge in [0.15, 0.2) is 0 Å². The van der Waals surface area contributed by atoms with E-state index in [-0.39, 0.29) is 18.0 Å². The Bertz CT molecular complexity index is 1150. The Morgan fingerprint density at radius 3 is 2.21 bits per heavy atom. The van der Waals surface area contributed by atoms with Gasteiger partial charge < -0.3 is 5.32 Å². The molecule has 0 saturated heterocycles. The van der Waals surface area contributed by atoms with E-state index in [2.05, 4.69) is 108 Å². The zero-order valence-electron chi connectivity index (χ0n) is 19.6. The van der Waals surface area contributed by atoms with Crippen molar-refractivity contribution in [2.24, 2.45) is 5.41 Å². The Balaban J connectivity index is 1.98. The fourth-order valence-electron chi connectivity index (χ4n) is 4.22. The van der Waals surface area contributed by atoms with Crippen LogP contribution in [0.4, 0.5) is 0 Å². The molecular weight excluding hydrogens is 517 g/mol. The molecule has 3 nitrogen and oxygen atoms in total. The van der Waals surface area contributed by atoms with Crippen molar-refractivity contribution in [2.75, 3.05) is 0 Å². The number of aryl methyl sites for hydroxylation is 1. The van der Waals surface area contributed by atoms with Gasteiger partial charge in [-0.2, -0.15) is 10.5 Å². The normalized spacial score (nSPS) is 14.0. The average Bonchev–Trinajstić information content (AvgIpc) is 2.82. The number of hydrogen-bond acceptors (Lipinski definition) is 3. The molecule has 0 spiro atoms. The number of rotatable bonds is 8. The number of nitrogens with one attached hydrogen (secondary N) is 1. The van der Waals surface area contributed by atoms with Gasteiger partial charge >= 0.3 is 0 Å². The van der Waals surface area contributed by atoms with Crippen LogP contribution in [0.1, 0.15) is 60.5 Å². The van der Waals surface area contributed by atoms with Gasteiger partial charge in [0.1, 0.15) is 0 Å². The minimum atomic E-state index is -0.592. The van der Waals surface area contributed by atoms with Crippen LogP contribution in [0.3, 0.4) is 0 Å². The molecule has 0 fully saturated rings. The first-order valence-corrected chi connectivity index (χ1v) is 12.3. The van der Waals surface area contributed by atoms with Crippen molar-refractivity contribution >= 4 is 22.6 Å². The molecule has 1 N–H and O–H groups in total. The van der Waals surface area contributed by atoms with Gasteiger partial charge in [0.25, 0.3) is 0 Å². The van der Waals surface area contributed by atoms with Gasteiger partial charge in [-0.25, -0.2) is 0 Å². The minimum absolute atomic E-state index is 0.0668.